The Kier molecular flexibility index (Phi) is 3.91. The summed E-state index contributed by atoms with van der Waals surface area (Å²) >= 11 is 0. The van der Waals surface area contributed by atoms with Crippen LogP contribution in [0, 0.1) is 0 Å². The molecule has 1 heterocycles. The second-order valence-corrected chi connectivity index (χ2v) is 6.70. The molecule has 0 N–H and O–H groups in total. The van der Waals surface area contributed by atoms with Gasteiger partial charge in [-0.2, -0.15) is 4.31 Å². The van der Waals surface area contributed by atoms with Gasteiger partial charge in [-0.3, -0.25) is 4.79 Å². The molecule has 0 spiro atoms. The zero-order chi connectivity index (χ0) is 14.0. The Hall–Kier alpha value is -1.40. The van der Waals surface area contributed by atoms with Crippen LogP contribution in [0.2, 0.25) is 0 Å². The van der Waals surface area contributed by atoms with E-state index in [2.05, 4.69) is 0 Å². The van der Waals surface area contributed by atoms with E-state index >= 15 is 0 Å². The van der Waals surface area contributed by atoms with Crippen LogP contribution in [0.5, 0.6) is 0 Å². The second-order valence-electron chi connectivity index (χ2n) is 4.77. The summed E-state index contributed by atoms with van der Waals surface area (Å²) in [6.45, 7) is 2.72. The Morgan fingerprint density at radius 3 is 2.37 bits per heavy atom. The standard InChI is InChI=1S/C13H18N2O3S/c1-11(16)14-8-9-15(19(2,17)18)13(10-14)12-6-4-3-5-7-12/h3-7,13H,8-10H2,1-2H3/t13-/m1/s1. The van der Waals surface area contributed by atoms with E-state index in [0.717, 1.165) is 5.56 Å². The van der Waals surface area contributed by atoms with Gasteiger partial charge >= 0.3 is 0 Å². The Bertz CT molecular complexity index is 557. The van der Waals surface area contributed by atoms with Crippen LogP contribution in [-0.4, -0.2) is 49.4 Å². The lowest BCUT2D eigenvalue weighted by atomic mass is 10.0. The monoisotopic (exact) mass is 282 g/mol. The lowest BCUT2D eigenvalue weighted by Gasteiger charge is -2.39. The fourth-order valence-corrected chi connectivity index (χ4v) is 3.46. The quantitative estimate of drug-likeness (QED) is 0.808. The molecule has 0 bridgehead atoms. The minimum absolute atomic E-state index is 0.0194. The molecule has 0 aliphatic carbocycles. The summed E-state index contributed by atoms with van der Waals surface area (Å²) in [7, 11) is -3.28. The number of sulfonamides is 1. The minimum Gasteiger partial charge on any atom is -0.340 e. The topological polar surface area (TPSA) is 57.7 Å². The van der Waals surface area contributed by atoms with Gasteiger partial charge in [-0.05, 0) is 5.56 Å². The van der Waals surface area contributed by atoms with Gasteiger partial charge in [0.25, 0.3) is 0 Å². The molecule has 1 aromatic carbocycles. The summed E-state index contributed by atoms with van der Waals surface area (Å²) in [6.07, 6.45) is 1.21. The molecule has 1 aliphatic heterocycles. The molecule has 1 amide bonds. The van der Waals surface area contributed by atoms with Gasteiger partial charge in [0, 0.05) is 26.6 Å². The lowest BCUT2D eigenvalue weighted by molar-refractivity contribution is -0.130. The van der Waals surface area contributed by atoms with Crippen molar-refractivity contribution in [2.75, 3.05) is 25.9 Å². The van der Waals surface area contributed by atoms with Gasteiger partial charge in [-0.15, -0.1) is 0 Å². The smallest absolute Gasteiger partial charge is 0.219 e. The highest BCUT2D eigenvalue weighted by Crippen LogP contribution is 2.27. The maximum Gasteiger partial charge on any atom is 0.219 e. The summed E-state index contributed by atoms with van der Waals surface area (Å²) in [4.78, 5) is 13.2. The van der Waals surface area contributed by atoms with Gasteiger partial charge in [0.1, 0.15) is 0 Å². The fourth-order valence-electron chi connectivity index (χ4n) is 2.40. The number of carbonyl (C=O) groups is 1. The van der Waals surface area contributed by atoms with Gasteiger partial charge in [0.2, 0.25) is 15.9 Å². The third-order valence-electron chi connectivity index (χ3n) is 3.39. The van der Waals surface area contributed by atoms with Crippen LogP contribution in [0.25, 0.3) is 0 Å². The van der Waals surface area contributed by atoms with Crippen LogP contribution in [0.3, 0.4) is 0 Å². The number of hydrogen-bond acceptors (Lipinski definition) is 3. The number of carbonyl (C=O) groups excluding carboxylic acids is 1. The van der Waals surface area contributed by atoms with Crippen LogP contribution >= 0.6 is 0 Å². The largest absolute Gasteiger partial charge is 0.340 e. The normalized spacial score (nSPS) is 21.4. The van der Waals surface area contributed by atoms with E-state index in [4.69, 9.17) is 0 Å². The van der Waals surface area contributed by atoms with E-state index in [0.29, 0.717) is 19.6 Å². The third-order valence-corrected chi connectivity index (χ3v) is 4.68. The predicted octanol–water partition coefficient (Wildman–Crippen LogP) is 0.851. The van der Waals surface area contributed by atoms with Gasteiger partial charge in [0.15, 0.2) is 0 Å². The van der Waals surface area contributed by atoms with Crippen molar-refractivity contribution in [2.24, 2.45) is 0 Å². The SMILES string of the molecule is CC(=O)N1CCN(S(C)(=O)=O)[C@@H](c2ccccc2)C1. The Morgan fingerprint density at radius 1 is 1.21 bits per heavy atom. The fraction of sp³-hybridized carbons (Fsp3) is 0.462. The van der Waals surface area contributed by atoms with Crippen molar-refractivity contribution >= 4 is 15.9 Å². The number of benzene rings is 1. The van der Waals surface area contributed by atoms with Crippen LogP contribution in [0.15, 0.2) is 30.3 Å². The third kappa shape index (κ3) is 3.13. The number of hydrogen-bond donors (Lipinski definition) is 0. The van der Waals surface area contributed by atoms with E-state index in [-0.39, 0.29) is 11.9 Å². The first-order chi connectivity index (χ1) is 8.89. The summed E-state index contributed by atoms with van der Waals surface area (Å²) < 4.78 is 25.2. The van der Waals surface area contributed by atoms with Crippen LogP contribution in [0.4, 0.5) is 0 Å². The van der Waals surface area contributed by atoms with Gasteiger partial charge < -0.3 is 4.90 Å². The molecule has 1 aromatic rings. The summed E-state index contributed by atoms with van der Waals surface area (Å²) in [5, 5.41) is 0. The van der Waals surface area contributed by atoms with E-state index in [1.54, 1.807) is 4.90 Å². The van der Waals surface area contributed by atoms with E-state index < -0.39 is 10.0 Å². The highest BCUT2D eigenvalue weighted by molar-refractivity contribution is 7.88. The molecule has 0 saturated carbocycles. The number of piperazine rings is 1. The number of rotatable bonds is 2. The highest BCUT2D eigenvalue weighted by Gasteiger charge is 2.34. The molecule has 0 radical (unpaired) electrons. The van der Waals surface area contributed by atoms with E-state index in [9.17, 15) is 13.2 Å². The molecule has 5 nitrogen and oxygen atoms in total. The molecular weight excluding hydrogens is 264 g/mol. The van der Waals surface area contributed by atoms with Crippen LogP contribution in [-0.2, 0) is 14.8 Å². The first kappa shape index (κ1) is 14.0. The second kappa shape index (κ2) is 5.30. The Balaban J connectivity index is 2.34. The lowest BCUT2D eigenvalue weighted by Crippen LogP contribution is -2.51. The van der Waals surface area contributed by atoms with E-state index in [1.807, 2.05) is 30.3 Å². The zero-order valence-electron chi connectivity index (χ0n) is 11.1. The molecule has 0 unspecified atom stereocenters. The maximum absolute atomic E-state index is 11.9. The van der Waals surface area contributed by atoms with Gasteiger partial charge in [-0.25, -0.2) is 8.42 Å². The molecule has 1 atom stereocenters. The Morgan fingerprint density at radius 2 is 1.84 bits per heavy atom. The predicted molar refractivity (Wildman–Crippen MR) is 73.0 cm³/mol. The summed E-state index contributed by atoms with van der Waals surface area (Å²) in [6, 6.07) is 9.14. The molecule has 19 heavy (non-hydrogen) atoms. The van der Waals surface area contributed by atoms with Crippen LogP contribution in [0.1, 0.15) is 18.5 Å². The molecule has 1 saturated heterocycles. The molecule has 1 aliphatic rings. The maximum atomic E-state index is 11.9. The van der Waals surface area contributed by atoms with Gasteiger partial charge in [-0.1, -0.05) is 30.3 Å². The minimum atomic E-state index is -3.28. The van der Waals surface area contributed by atoms with Crippen molar-refractivity contribution in [2.45, 2.75) is 13.0 Å². The molecule has 6 heteroatoms. The van der Waals surface area contributed by atoms with Gasteiger partial charge in [0.05, 0.1) is 12.3 Å². The molecule has 2 rings (SSSR count). The molecule has 0 aromatic heterocycles. The molecule has 104 valence electrons. The number of nitrogens with zero attached hydrogens (tertiary/aromatic N) is 2. The Labute approximate surface area is 113 Å². The first-order valence-electron chi connectivity index (χ1n) is 6.17. The zero-order valence-corrected chi connectivity index (χ0v) is 11.9. The van der Waals surface area contributed by atoms with Crippen molar-refractivity contribution in [3.8, 4) is 0 Å². The van der Waals surface area contributed by atoms with Crippen LogP contribution < -0.4 is 0 Å². The average Bonchev–Trinajstić information content (AvgIpc) is 2.38. The van der Waals surface area contributed by atoms with Crippen molar-refractivity contribution in [1.29, 1.82) is 0 Å². The summed E-state index contributed by atoms with van der Waals surface area (Å²) in [5.41, 5.74) is 0.916. The number of amides is 1. The molecular formula is C13H18N2O3S. The van der Waals surface area contributed by atoms with E-state index in [1.165, 1.54) is 17.5 Å². The molecule has 1 fully saturated rings. The van der Waals surface area contributed by atoms with Crippen molar-refractivity contribution < 1.29 is 13.2 Å². The average molecular weight is 282 g/mol. The summed E-state index contributed by atoms with van der Waals surface area (Å²) in [5.74, 6) is -0.0194. The van der Waals surface area contributed by atoms with Crippen molar-refractivity contribution in [1.82, 2.24) is 9.21 Å². The first-order valence-corrected chi connectivity index (χ1v) is 8.01. The highest BCUT2D eigenvalue weighted by atomic mass is 32.2. The van der Waals surface area contributed by atoms with Crippen molar-refractivity contribution in [3.05, 3.63) is 35.9 Å². The van der Waals surface area contributed by atoms with Crippen molar-refractivity contribution in [3.63, 3.8) is 0 Å².